The van der Waals surface area contributed by atoms with Crippen molar-refractivity contribution in [2.45, 2.75) is 24.3 Å². The van der Waals surface area contributed by atoms with Gasteiger partial charge in [0.2, 0.25) is 10.0 Å². The molecule has 0 radical (unpaired) electrons. The third-order valence-electron chi connectivity index (χ3n) is 3.28. The molecule has 2 atom stereocenters. The van der Waals surface area contributed by atoms with E-state index in [4.69, 9.17) is 11.6 Å². The molecular weight excluding hydrogens is 352 g/mol. The largest absolute Gasteiger partial charge is 0.316 e. The first-order chi connectivity index (χ1) is 8.92. The number of benzene rings is 1. The summed E-state index contributed by atoms with van der Waals surface area (Å²) in [5.41, 5.74) is 0. The highest BCUT2D eigenvalue weighted by Crippen LogP contribution is 2.29. The minimum Gasteiger partial charge on any atom is -0.316 e. The van der Waals surface area contributed by atoms with Crippen molar-refractivity contribution in [1.29, 1.82) is 0 Å². The van der Waals surface area contributed by atoms with Crippen molar-refractivity contribution in [2.24, 2.45) is 5.92 Å². The van der Waals surface area contributed by atoms with Gasteiger partial charge in [-0.05, 0) is 53.5 Å². The van der Waals surface area contributed by atoms with E-state index in [1.54, 1.807) is 18.2 Å². The quantitative estimate of drug-likeness (QED) is 0.862. The maximum Gasteiger partial charge on any atom is 0.243 e. The van der Waals surface area contributed by atoms with Gasteiger partial charge in [0.1, 0.15) is 4.90 Å². The second kappa shape index (κ2) is 6.10. The van der Waals surface area contributed by atoms with Gasteiger partial charge in [-0.2, -0.15) is 0 Å². The third kappa shape index (κ3) is 3.49. The molecule has 4 nitrogen and oxygen atoms in total. The summed E-state index contributed by atoms with van der Waals surface area (Å²) in [4.78, 5) is 0.113. The lowest BCUT2D eigenvalue weighted by Crippen LogP contribution is -2.48. The van der Waals surface area contributed by atoms with Gasteiger partial charge in [0.15, 0.2) is 0 Å². The van der Waals surface area contributed by atoms with E-state index in [1.165, 1.54) is 0 Å². The summed E-state index contributed by atoms with van der Waals surface area (Å²) >= 11 is 9.25. The topological polar surface area (TPSA) is 58.2 Å². The Kier molecular flexibility index (Phi) is 4.89. The number of nitrogens with one attached hydrogen (secondary N) is 2. The predicted molar refractivity (Wildman–Crippen MR) is 79.9 cm³/mol. The second-order valence-electron chi connectivity index (χ2n) is 4.75. The summed E-state index contributed by atoms with van der Waals surface area (Å²) < 4.78 is 28.1. The monoisotopic (exact) mass is 366 g/mol. The van der Waals surface area contributed by atoms with E-state index in [9.17, 15) is 8.42 Å². The van der Waals surface area contributed by atoms with Gasteiger partial charge < -0.3 is 5.32 Å². The fourth-order valence-corrected chi connectivity index (χ4v) is 5.30. The first kappa shape index (κ1) is 15.3. The van der Waals surface area contributed by atoms with Crippen LogP contribution < -0.4 is 10.0 Å². The Labute approximate surface area is 127 Å². The Morgan fingerprint density at radius 2 is 2.21 bits per heavy atom. The van der Waals surface area contributed by atoms with Crippen LogP contribution in [0.2, 0.25) is 5.02 Å². The lowest BCUT2D eigenvalue weighted by molar-refractivity contribution is 0.328. The molecule has 0 spiro atoms. The van der Waals surface area contributed by atoms with Crippen molar-refractivity contribution in [3.63, 3.8) is 0 Å². The molecule has 2 rings (SSSR count). The number of piperidine rings is 1. The molecule has 1 aromatic rings. The molecule has 0 bridgehead atoms. The van der Waals surface area contributed by atoms with Crippen molar-refractivity contribution in [3.8, 4) is 0 Å². The van der Waals surface area contributed by atoms with Gasteiger partial charge in [0, 0.05) is 10.5 Å². The average Bonchev–Trinajstić information content (AvgIpc) is 2.31. The number of sulfonamides is 1. The molecule has 1 aliphatic heterocycles. The van der Waals surface area contributed by atoms with E-state index in [2.05, 4.69) is 26.0 Å². The van der Waals surface area contributed by atoms with Crippen molar-refractivity contribution in [1.82, 2.24) is 10.0 Å². The number of hydrogen-bond donors (Lipinski definition) is 2. The van der Waals surface area contributed by atoms with Crippen molar-refractivity contribution < 1.29 is 8.42 Å². The lowest BCUT2D eigenvalue weighted by Gasteiger charge is -2.30. The second-order valence-corrected chi connectivity index (χ2v) is 7.66. The van der Waals surface area contributed by atoms with Gasteiger partial charge in [0.05, 0.1) is 5.02 Å². The molecule has 7 heteroatoms. The zero-order valence-electron chi connectivity index (χ0n) is 10.5. The van der Waals surface area contributed by atoms with Crippen LogP contribution in [0.25, 0.3) is 0 Å². The standard InChI is InChI=1S/C12H16BrClN2O2S/c1-8-7-15-6-5-11(8)16-19(17,18)12-9(13)3-2-4-10(12)14/h2-4,8,11,15-16H,5-7H2,1H3. The highest BCUT2D eigenvalue weighted by Gasteiger charge is 2.29. The molecule has 1 saturated heterocycles. The van der Waals surface area contributed by atoms with E-state index in [0.717, 1.165) is 19.5 Å². The highest BCUT2D eigenvalue weighted by molar-refractivity contribution is 9.10. The molecular formula is C12H16BrClN2O2S. The lowest BCUT2D eigenvalue weighted by atomic mass is 9.97. The van der Waals surface area contributed by atoms with Crippen LogP contribution in [0.5, 0.6) is 0 Å². The molecule has 1 aromatic carbocycles. The van der Waals surface area contributed by atoms with Crippen molar-refractivity contribution >= 4 is 37.6 Å². The molecule has 0 saturated carbocycles. The van der Waals surface area contributed by atoms with Crippen LogP contribution in [0.1, 0.15) is 13.3 Å². The molecule has 0 aromatic heterocycles. The summed E-state index contributed by atoms with van der Waals surface area (Å²) in [7, 11) is -3.61. The van der Waals surface area contributed by atoms with Crippen LogP contribution in [0, 0.1) is 5.92 Å². The molecule has 1 aliphatic rings. The van der Waals surface area contributed by atoms with Crippen LogP contribution in [-0.2, 0) is 10.0 Å². The van der Waals surface area contributed by atoms with Crippen LogP contribution in [0.3, 0.4) is 0 Å². The zero-order chi connectivity index (χ0) is 14.0. The van der Waals surface area contributed by atoms with Crippen LogP contribution in [0.15, 0.2) is 27.6 Å². The van der Waals surface area contributed by atoms with Crippen LogP contribution >= 0.6 is 27.5 Å². The molecule has 1 fully saturated rings. The Morgan fingerprint density at radius 1 is 1.47 bits per heavy atom. The van der Waals surface area contributed by atoms with Gasteiger partial charge >= 0.3 is 0 Å². The van der Waals surface area contributed by atoms with E-state index in [0.29, 0.717) is 4.47 Å². The Morgan fingerprint density at radius 3 is 2.84 bits per heavy atom. The number of hydrogen-bond acceptors (Lipinski definition) is 3. The maximum atomic E-state index is 12.4. The molecule has 2 unspecified atom stereocenters. The fraction of sp³-hybridized carbons (Fsp3) is 0.500. The minimum atomic E-state index is -3.61. The van der Waals surface area contributed by atoms with E-state index >= 15 is 0 Å². The fourth-order valence-electron chi connectivity index (χ4n) is 2.19. The van der Waals surface area contributed by atoms with E-state index in [1.807, 2.05) is 6.92 Å². The normalized spacial score (nSPS) is 24.4. The maximum absolute atomic E-state index is 12.4. The average molecular weight is 368 g/mol. The molecule has 106 valence electrons. The first-order valence-corrected chi connectivity index (χ1v) is 8.74. The smallest absolute Gasteiger partial charge is 0.243 e. The highest BCUT2D eigenvalue weighted by atomic mass is 79.9. The summed E-state index contributed by atoms with van der Waals surface area (Å²) in [6.07, 6.45) is 0.780. The Balaban J connectivity index is 2.27. The summed E-state index contributed by atoms with van der Waals surface area (Å²) in [6, 6.07) is 4.90. The van der Waals surface area contributed by atoms with Crippen molar-refractivity contribution in [3.05, 3.63) is 27.7 Å². The Bertz CT molecular complexity index is 545. The zero-order valence-corrected chi connectivity index (χ0v) is 13.6. The summed E-state index contributed by atoms with van der Waals surface area (Å²) in [5, 5.41) is 3.47. The predicted octanol–water partition coefficient (Wildman–Crippen LogP) is 2.38. The van der Waals surface area contributed by atoms with Gasteiger partial charge in [-0.3, -0.25) is 0 Å². The van der Waals surface area contributed by atoms with Crippen LogP contribution in [-0.4, -0.2) is 27.5 Å². The minimum absolute atomic E-state index is 0.0607. The first-order valence-electron chi connectivity index (χ1n) is 6.09. The van der Waals surface area contributed by atoms with E-state index in [-0.39, 0.29) is 21.9 Å². The van der Waals surface area contributed by atoms with Gasteiger partial charge in [-0.15, -0.1) is 0 Å². The van der Waals surface area contributed by atoms with Gasteiger partial charge in [-0.1, -0.05) is 24.6 Å². The Hall–Kier alpha value is -0.140. The van der Waals surface area contributed by atoms with Gasteiger partial charge in [-0.25, -0.2) is 13.1 Å². The van der Waals surface area contributed by atoms with Crippen LogP contribution in [0.4, 0.5) is 0 Å². The molecule has 0 amide bonds. The summed E-state index contributed by atoms with van der Waals surface area (Å²) in [5.74, 6) is 0.254. The SMILES string of the molecule is CC1CNCCC1NS(=O)(=O)c1c(Cl)cccc1Br. The van der Waals surface area contributed by atoms with Gasteiger partial charge in [0.25, 0.3) is 0 Å². The number of halogens is 2. The van der Waals surface area contributed by atoms with E-state index < -0.39 is 10.0 Å². The van der Waals surface area contributed by atoms with Crippen molar-refractivity contribution in [2.75, 3.05) is 13.1 Å². The molecule has 0 aliphatic carbocycles. The molecule has 2 N–H and O–H groups in total. The molecule has 19 heavy (non-hydrogen) atoms. The summed E-state index contributed by atoms with van der Waals surface area (Å²) in [6.45, 7) is 3.67. The third-order valence-corrected chi connectivity index (χ3v) is 6.22. The number of rotatable bonds is 3. The molecule has 1 heterocycles.